The molecule has 160 valence electrons. The summed E-state index contributed by atoms with van der Waals surface area (Å²) in [5.41, 5.74) is 1.82. The molecule has 1 heterocycles. The molecule has 1 saturated heterocycles. The Labute approximate surface area is 186 Å². The van der Waals surface area contributed by atoms with Crippen molar-refractivity contribution in [2.24, 2.45) is 0 Å². The Morgan fingerprint density at radius 2 is 1.77 bits per heavy atom. The van der Waals surface area contributed by atoms with Crippen LogP contribution < -0.4 is 10.2 Å². The van der Waals surface area contributed by atoms with Gasteiger partial charge in [0.05, 0.1) is 25.0 Å². The summed E-state index contributed by atoms with van der Waals surface area (Å²) in [5.74, 6) is -0.332. The van der Waals surface area contributed by atoms with Crippen LogP contribution in [0.2, 0.25) is 5.02 Å². The van der Waals surface area contributed by atoms with E-state index < -0.39 is 0 Å². The van der Waals surface area contributed by atoms with Gasteiger partial charge in [-0.25, -0.2) is 0 Å². The third kappa shape index (κ3) is 6.39. The largest absolute Gasteiger partial charge is 0.378 e. The molecule has 0 aromatic heterocycles. The maximum atomic E-state index is 12.6. The molecular formula is C22H26ClN3O3S. The smallest absolute Gasteiger partial charge is 0.243 e. The number of hydrogen-bond donors (Lipinski definition) is 1. The summed E-state index contributed by atoms with van der Waals surface area (Å²) in [6.07, 6.45) is 0. The molecule has 0 bridgehead atoms. The van der Waals surface area contributed by atoms with E-state index in [1.807, 2.05) is 43.3 Å². The number of halogens is 1. The second kappa shape index (κ2) is 10.7. The van der Waals surface area contributed by atoms with Gasteiger partial charge in [-0.1, -0.05) is 11.6 Å². The van der Waals surface area contributed by atoms with Gasteiger partial charge in [0.1, 0.15) is 0 Å². The standard InChI is InChI=1S/C22H26ClN3O3S/c1-16(30-20-9-3-17(23)4-10-20)22(28)25(2)15-21(27)24-18-5-7-19(8-6-18)26-11-13-29-14-12-26/h3-10,16H,11-15H2,1-2H3,(H,24,27)/t16-/m1/s1. The molecule has 1 fully saturated rings. The van der Waals surface area contributed by atoms with E-state index in [9.17, 15) is 9.59 Å². The van der Waals surface area contributed by atoms with E-state index in [4.69, 9.17) is 16.3 Å². The summed E-state index contributed by atoms with van der Waals surface area (Å²) in [6.45, 7) is 5.02. The molecule has 0 radical (unpaired) electrons. The molecule has 0 aliphatic carbocycles. The Morgan fingerprint density at radius 3 is 2.40 bits per heavy atom. The van der Waals surface area contributed by atoms with Gasteiger partial charge >= 0.3 is 0 Å². The average Bonchev–Trinajstić information content (AvgIpc) is 2.75. The number of amides is 2. The molecule has 0 spiro atoms. The van der Waals surface area contributed by atoms with Gasteiger partial charge in [-0.3, -0.25) is 9.59 Å². The normalized spacial score (nSPS) is 14.8. The predicted molar refractivity (Wildman–Crippen MR) is 123 cm³/mol. The Hall–Kier alpha value is -2.22. The number of morpholine rings is 1. The van der Waals surface area contributed by atoms with E-state index >= 15 is 0 Å². The van der Waals surface area contributed by atoms with Crippen molar-refractivity contribution in [1.82, 2.24) is 4.90 Å². The number of benzene rings is 2. The summed E-state index contributed by atoms with van der Waals surface area (Å²) < 4.78 is 5.37. The molecule has 2 aromatic rings. The number of ether oxygens (including phenoxy) is 1. The second-order valence-corrected chi connectivity index (χ2v) is 8.95. The summed E-state index contributed by atoms with van der Waals surface area (Å²) in [4.78, 5) is 29.6. The fourth-order valence-electron chi connectivity index (χ4n) is 3.15. The molecule has 3 rings (SSSR count). The quantitative estimate of drug-likeness (QED) is 0.655. The number of carbonyl (C=O) groups excluding carboxylic acids is 2. The lowest BCUT2D eigenvalue weighted by Crippen LogP contribution is -2.39. The average molecular weight is 448 g/mol. The van der Waals surface area contributed by atoms with Crippen LogP contribution in [-0.2, 0) is 14.3 Å². The van der Waals surface area contributed by atoms with Crippen LogP contribution in [-0.4, -0.2) is 61.9 Å². The van der Waals surface area contributed by atoms with E-state index in [2.05, 4.69) is 10.2 Å². The number of hydrogen-bond acceptors (Lipinski definition) is 5. The van der Waals surface area contributed by atoms with Crippen molar-refractivity contribution in [3.8, 4) is 0 Å². The lowest BCUT2D eigenvalue weighted by atomic mass is 10.2. The Bertz CT molecular complexity index is 855. The molecule has 1 aliphatic rings. The molecule has 0 saturated carbocycles. The zero-order valence-corrected chi connectivity index (χ0v) is 18.7. The van der Waals surface area contributed by atoms with Gasteiger partial charge in [0, 0.05) is 41.4 Å². The number of rotatable bonds is 7. The summed E-state index contributed by atoms with van der Waals surface area (Å²) >= 11 is 7.34. The summed E-state index contributed by atoms with van der Waals surface area (Å²) in [7, 11) is 1.64. The number of nitrogens with zero attached hydrogens (tertiary/aromatic N) is 2. The minimum Gasteiger partial charge on any atom is -0.378 e. The lowest BCUT2D eigenvalue weighted by Gasteiger charge is -2.29. The molecule has 1 N–H and O–H groups in total. The van der Waals surface area contributed by atoms with Crippen LogP contribution in [0.4, 0.5) is 11.4 Å². The number of nitrogens with one attached hydrogen (secondary N) is 1. The number of anilines is 2. The monoisotopic (exact) mass is 447 g/mol. The van der Waals surface area contributed by atoms with Gasteiger partial charge < -0.3 is 19.9 Å². The molecule has 1 aliphatic heterocycles. The SMILES string of the molecule is C[C@@H](Sc1ccc(Cl)cc1)C(=O)N(C)CC(=O)Nc1ccc(N2CCOCC2)cc1. The maximum Gasteiger partial charge on any atom is 0.243 e. The van der Waals surface area contributed by atoms with Crippen LogP contribution in [0.5, 0.6) is 0 Å². The first kappa shape index (κ1) is 22.5. The van der Waals surface area contributed by atoms with Crippen molar-refractivity contribution in [2.45, 2.75) is 17.1 Å². The third-order valence-corrected chi connectivity index (χ3v) is 6.11. The molecular weight excluding hydrogens is 422 g/mol. The van der Waals surface area contributed by atoms with Gasteiger partial charge in [0.2, 0.25) is 11.8 Å². The van der Waals surface area contributed by atoms with Crippen molar-refractivity contribution < 1.29 is 14.3 Å². The fraction of sp³-hybridized carbons (Fsp3) is 0.364. The van der Waals surface area contributed by atoms with Gasteiger partial charge in [-0.2, -0.15) is 0 Å². The molecule has 0 unspecified atom stereocenters. The van der Waals surface area contributed by atoms with Crippen molar-refractivity contribution in [3.63, 3.8) is 0 Å². The minimum absolute atomic E-state index is 0.00440. The van der Waals surface area contributed by atoms with Gasteiger partial charge in [0.25, 0.3) is 0 Å². The first-order chi connectivity index (χ1) is 14.4. The van der Waals surface area contributed by atoms with Crippen molar-refractivity contribution in [2.75, 3.05) is 50.1 Å². The van der Waals surface area contributed by atoms with Crippen LogP contribution >= 0.6 is 23.4 Å². The van der Waals surface area contributed by atoms with Crippen LogP contribution in [0.15, 0.2) is 53.4 Å². The number of likely N-dealkylation sites (N-methyl/N-ethyl adjacent to an activating group) is 1. The molecule has 1 atom stereocenters. The molecule has 2 amide bonds. The Morgan fingerprint density at radius 1 is 1.13 bits per heavy atom. The Kier molecular flexibility index (Phi) is 8.01. The summed E-state index contributed by atoms with van der Waals surface area (Å²) in [6, 6.07) is 15.1. The van der Waals surface area contributed by atoms with Crippen molar-refractivity contribution >= 4 is 46.6 Å². The highest BCUT2D eigenvalue weighted by molar-refractivity contribution is 8.00. The fourth-order valence-corrected chi connectivity index (χ4v) is 4.26. The molecule has 2 aromatic carbocycles. The predicted octanol–water partition coefficient (Wildman–Crippen LogP) is 3.75. The van der Waals surface area contributed by atoms with Gasteiger partial charge in [0.15, 0.2) is 0 Å². The van der Waals surface area contributed by atoms with Gasteiger partial charge in [-0.05, 0) is 55.5 Å². The molecule has 6 nitrogen and oxygen atoms in total. The minimum atomic E-state index is -0.309. The number of carbonyl (C=O) groups is 2. The highest BCUT2D eigenvalue weighted by Gasteiger charge is 2.20. The summed E-state index contributed by atoms with van der Waals surface area (Å²) in [5, 5.41) is 3.20. The zero-order chi connectivity index (χ0) is 21.5. The van der Waals surface area contributed by atoms with E-state index in [0.717, 1.165) is 36.9 Å². The lowest BCUT2D eigenvalue weighted by molar-refractivity contribution is -0.132. The molecule has 8 heteroatoms. The van der Waals surface area contributed by atoms with Crippen LogP contribution in [0.25, 0.3) is 0 Å². The molecule has 30 heavy (non-hydrogen) atoms. The maximum absolute atomic E-state index is 12.6. The van der Waals surface area contributed by atoms with E-state index in [1.54, 1.807) is 19.2 Å². The van der Waals surface area contributed by atoms with Crippen LogP contribution in [0, 0.1) is 0 Å². The third-order valence-electron chi connectivity index (χ3n) is 4.76. The van der Waals surface area contributed by atoms with E-state index in [1.165, 1.54) is 16.7 Å². The van der Waals surface area contributed by atoms with Crippen LogP contribution in [0.1, 0.15) is 6.92 Å². The first-order valence-electron chi connectivity index (χ1n) is 9.82. The topological polar surface area (TPSA) is 61.9 Å². The van der Waals surface area contributed by atoms with E-state index in [-0.39, 0.29) is 23.6 Å². The van der Waals surface area contributed by atoms with E-state index in [0.29, 0.717) is 10.7 Å². The number of thioether (sulfide) groups is 1. The van der Waals surface area contributed by atoms with Crippen molar-refractivity contribution in [3.05, 3.63) is 53.6 Å². The highest BCUT2D eigenvalue weighted by Crippen LogP contribution is 2.25. The van der Waals surface area contributed by atoms with Gasteiger partial charge in [-0.15, -0.1) is 11.8 Å². The first-order valence-corrected chi connectivity index (χ1v) is 11.1. The second-order valence-electron chi connectivity index (χ2n) is 7.10. The van der Waals surface area contributed by atoms with Crippen LogP contribution in [0.3, 0.4) is 0 Å². The highest BCUT2D eigenvalue weighted by atomic mass is 35.5. The zero-order valence-electron chi connectivity index (χ0n) is 17.1. The Balaban J connectivity index is 1.48. The van der Waals surface area contributed by atoms with Crippen molar-refractivity contribution in [1.29, 1.82) is 0 Å².